The molecule has 2 aromatic carbocycles. The summed E-state index contributed by atoms with van der Waals surface area (Å²) in [5.41, 5.74) is 1.05. The molecular weight excluding hydrogens is 473 g/mol. The predicted molar refractivity (Wildman–Crippen MR) is 130 cm³/mol. The number of rotatable bonds is 13. The molecule has 1 aliphatic rings. The van der Waals surface area contributed by atoms with E-state index >= 15 is 0 Å². The fourth-order valence-corrected chi connectivity index (χ4v) is 5.70. The molecule has 1 aliphatic heterocycles. The van der Waals surface area contributed by atoms with Crippen molar-refractivity contribution in [2.24, 2.45) is 0 Å². The Balaban J connectivity index is 1.87. The molecule has 1 amide bonds. The SMILES string of the molecule is CO[C@@H]1O[C@H]([C@H](COCc2ccccc2)P(=O)(OC)OC)[C@H](OCc2ccccc2)[C@H]1NC(C)=O. The number of benzene rings is 2. The quantitative estimate of drug-likeness (QED) is 0.411. The molecule has 0 aliphatic carbocycles. The number of ether oxygens (including phenoxy) is 4. The summed E-state index contributed by atoms with van der Waals surface area (Å²) in [5.74, 6) is -0.270. The van der Waals surface area contributed by atoms with Crippen LogP contribution in [0.25, 0.3) is 0 Å². The number of carbonyl (C=O) groups excluding carboxylic acids is 1. The van der Waals surface area contributed by atoms with Gasteiger partial charge in [-0.3, -0.25) is 9.36 Å². The fraction of sp³-hybridized carbons (Fsp3) is 0.480. The third-order valence-corrected chi connectivity index (χ3v) is 8.12. The van der Waals surface area contributed by atoms with E-state index in [4.69, 9.17) is 28.0 Å². The van der Waals surface area contributed by atoms with Gasteiger partial charge in [0.2, 0.25) is 5.91 Å². The van der Waals surface area contributed by atoms with E-state index in [-0.39, 0.29) is 19.1 Å². The zero-order chi connectivity index (χ0) is 25.3. The van der Waals surface area contributed by atoms with E-state index in [1.54, 1.807) is 0 Å². The number of hydrogen-bond donors (Lipinski definition) is 1. The van der Waals surface area contributed by atoms with Gasteiger partial charge in [-0.05, 0) is 11.1 Å². The van der Waals surface area contributed by atoms with Gasteiger partial charge in [-0.15, -0.1) is 0 Å². The lowest BCUT2D eigenvalue weighted by molar-refractivity contribution is -0.136. The Labute approximate surface area is 206 Å². The van der Waals surface area contributed by atoms with E-state index in [1.807, 2.05) is 60.7 Å². The summed E-state index contributed by atoms with van der Waals surface area (Å²) < 4.78 is 48.2. The second-order valence-corrected chi connectivity index (χ2v) is 10.6. The van der Waals surface area contributed by atoms with Gasteiger partial charge in [-0.2, -0.15) is 0 Å². The van der Waals surface area contributed by atoms with Crippen molar-refractivity contribution in [2.45, 2.75) is 50.3 Å². The van der Waals surface area contributed by atoms with E-state index in [1.165, 1.54) is 28.3 Å². The maximum Gasteiger partial charge on any atom is 0.338 e. The number of hydrogen-bond acceptors (Lipinski definition) is 8. The van der Waals surface area contributed by atoms with Crippen molar-refractivity contribution < 1.29 is 37.4 Å². The van der Waals surface area contributed by atoms with Gasteiger partial charge in [0.05, 0.1) is 19.8 Å². The summed E-state index contributed by atoms with van der Waals surface area (Å²) in [6, 6.07) is 18.6. The molecule has 1 heterocycles. The molecule has 5 atom stereocenters. The first-order valence-corrected chi connectivity index (χ1v) is 13.0. The minimum Gasteiger partial charge on any atom is -0.376 e. The Morgan fingerprint density at radius 1 is 0.971 bits per heavy atom. The predicted octanol–water partition coefficient (Wildman–Crippen LogP) is 3.52. The van der Waals surface area contributed by atoms with Gasteiger partial charge in [0.1, 0.15) is 23.9 Å². The van der Waals surface area contributed by atoms with Crippen LogP contribution in [0.15, 0.2) is 60.7 Å². The van der Waals surface area contributed by atoms with Crippen LogP contribution in [0.1, 0.15) is 18.1 Å². The molecule has 35 heavy (non-hydrogen) atoms. The van der Waals surface area contributed by atoms with Gasteiger partial charge >= 0.3 is 7.60 Å². The molecule has 0 radical (unpaired) electrons. The van der Waals surface area contributed by atoms with Gasteiger partial charge in [-0.25, -0.2) is 0 Å². The summed E-state index contributed by atoms with van der Waals surface area (Å²) in [6.07, 6.45) is -2.36. The second-order valence-electron chi connectivity index (χ2n) is 8.17. The smallest absolute Gasteiger partial charge is 0.338 e. The zero-order valence-electron chi connectivity index (χ0n) is 20.5. The van der Waals surface area contributed by atoms with E-state index in [0.29, 0.717) is 6.61 Å². The van der Waals surface area contributed by atoms with Crippen LogP contribution in [0.2, 0.25) is 0 Å². The van der Waals surface area contributed by atoms with Crippen molar-refractivity contribution in [2.75, 3.05) is 27.9 Å². The van der Waals surface area contributed by atoms with E-state index in [2.05, 4.69) is 5.32 Å². The highest BCUT2D eigenvalue weighted by Crippen LogP contribution is 2.55. The summed E-state index contributed by atoms with van der Waals surface area (Å²) >= 11 is 0. The Morgan fingerprint density at radius 2 is 1.54 bits per heavy atom. The molecule has 192 valence electrons. The minimum atomic E-state index is -3.69. The standard InChI is InChI=1S/C25H34NO8P/c1-18(27)26-22-24(33-16-20-13-9-6-10-14-20)23(34-25(22)29-2)21(35(28,30-3)31-4)17-32-15-19-11-7-5-8-12-19/h5-14,21-25H,15-17H2,1-4H3,(H,26,27)/t21-,22+,23+,24+,25+/m0/s1. The molecule has 1 fully saturated rings. The summed E-state index contributed by atoms with van der Waals surface area (Å²) in [7, 11) is 0.428. The highest BCUT2D eigenvalue weighted by atomic mass is 31.2. The fourth-order valence-electron chi connectivity index (χ4n) is 4.12. The van der Waals surface area contributed by atoms with Crippen LogP contribution in [-0.2, 0) is 50.6 Å². The van der Waals surface area contributed by atoms with Crippen molar-refractivity contribution in [3.8, 4) is 0 Å². The molecule has 9 nitrogen and oxygen atoms in total. The zero-order valence-corrected chi connectivity index (χ0v) is 21.4. The molecular formula is C25H34NO8P. The van der Waals surface area contributed by atoms with Gasteiger partial charge in [0.25, 0.3) is 0 Å². The Hall–Kier alpha value is -2.10. The van der Waals surface area contributed by atoms with Crippen molar-refractivity contribution in [1.82, 2.24) is 5.32 Å². The first-order valence-electron chi connectivity index (χ1n) is 11.4. The number of carbonyl (C=O) groups is 1. The first kappa shape index (κ1) is 27.5. The van der Waals surface area contributed by atoms with Crippen molar-refractivity contribution in [1.29, 1.82) is 0 Å². The summed E-state index contributed by atoms with van der Waals surface area (Å²) in [6.45, 7) is 1.96. The average molecular weight is 508 g/mol. The van der Waals surface area contributed by atoms with E-state index in [0.717, 1.165) is 11.1 Å². The average Bonchev–Trinajstić information content (AvgIpc) is 3.22. The van der Waals surface area contributed by atoms with Crippen LogP contribution in [0, 0.1) is 0 Å². The maximum atomic E-state index is 13.6. The third kappa shape index (κ3) is 7.21. The van der Waals surface area contributed by atoms with Crippen LogP contribution in [-0.4, -0.2) is 64.0 Å². The molecule has 0 bridgehead atoms. The normalized spacial score (nSPS) is 23.2. The van der Waals surface area contributed by atoms with Crippen LogP contribution < -0.4 is 5.32 Å². The minimum absolute atomic E-state index is 0.00689. The molecule has 10 heteroatoms. The number of amides is 1. The van der Waals surface area contributed by atoms with Crippen LogP contribution >= 0.6 is 7.60 Å². The lowest BCUT2D eigenvalue weighted by Gasteiger charge is -2.32. The van der Waals surface area contributed by atoms with Gasteiger partial charge in [-0.1, -0.05) is 60.7 Å². The first-order chi connectivity index (χ1) is 16.9. The Kier molecular flexibility index (Phi) is 10.4. The van der Waals surface area contributed by atoms with Crippen LogP contribution in [0.4, 0.5) is 0 Å². The van der Waals surface area contributed by atoms with Gasteiger partial charge < -0.3 is 33.3 Å². The number of methoxy groups -OCH3 is 1. The Bertz CT molecular complexity index is 952. The number of nitrogens with one attached hydrogen (secondary N) is 1. The lowest BCUT2D eigenvalue weighted by Crippen LogP contribution is -2.50. The largest absolute Gasteiger partial charge is 0.376 e. The highest BCUT2D eigenvalue weighted by Gasteiger charge is 2.54. The third-order valence-electron chi connectivity index (χ3n) is 5.84. The molecule has 1 saturated heterocycles. The van der Waals surface area contributed by atoms with Crippen molar-refractivity contribution in [3.63, 3.8) is 0 Å². The Morgan fingerprint density at radius 3 is 2.06 bits per heavy atom. The second kappa shape index (κ2) is 13.3. The molecule has 0 spiro atoms. The molecule has 2 aromatic rings. The van der Waals surface area contributed by atoms with Crippen molar-refractivity contribution in [3.05, 3.63) is 71.8 Å². The topological polar surface area (TPSA) is 102 Å². The summed E-state index contributed by atoms with van der Waals surface area (Å²) in [5, 5.41) is 2.86. The van der Waals surface area contributed by atoms with Crippen molar-refractivity contribution >= 4 is 13.5 Å². The van der Waals surface area contributed by atoms with Crippen LogP contribution in [0.3, 0.4) is 0 Å². The van der Waals surface area contributed by atoms with Gasteiger partial charge in [0, 0.05) is 28.3 Å². The lowest BCUT2D eigenvalue weighted by atomic mass is 10.1. The van der Waals surface area contributed by atoms with Crippen LogP contribution in [0.5, 0.6) is 0 Å². The molecule has 0 saturated carbocycles. The van der Waals surface area contributed by atoms with E-state index < -0.39 is 37.8 Å². The van der Waals surface area contributed by atoms with E-state index in [9.17, 15) is 9.36 Å². The highest BCUT2D eigenvalue weighted by molar-refractivity contribution is 7.54. The summed E-state index contributed by atoms with van der Waals surface area (Å²) in [4.78, 5) is 12.0. The van der Waals surface area contributed by atoms with Gasteiger partial charge in [0.15, 0.2) is 6.29 Å². The molecule has 1 N–H and O–H groups in total. The molecule has 0 unspecified atom stereocenters. The molecule has 0 aromatic heterocycles. The monoisotopic (exact) mass is 507 g/mol. The maximum absolute atomic E-state index is 13.6. The molecule has 3 rings (SSSR count).